The normalized spacial score (nSPS) is 11.6. The first-order chi connectivity index (χ1) is 11.7. The predicted octanol–water partition coefficient (Wildman–Crippen LogP) is 2.78. The molecule has 2 rings (SSSR count). The number of ether oxygens (including phenoxy) is 1. The topological polar surface area (TPSA) is 125 Å². The molecule has 0 unspecified atom stereocenters. The van der Waals surface area contributed by atoms with E-state index in [9.17, 15) is 19.7 Å². The van der Waals surface area contributed by atoms with Gasteiger partial charge in [0.05, 0.1) is 10.5 Å². The van der Waals surface area contributed by atoms with Gasteiger partial charge in [0.25, 0.3) is 11.8 Å². The Kier molecular flexibility index (Phi) is 5.38. The van der Waals surface area contributed by atoms with Crippen molar-refractivity contribution in [1.82, 2.24) is 0 Å². The number of carbonyl (C=O) groups is 2. The van der Waals surface area contributed by atoms with Gasteiger partial charge in [-0.15, -0.1) is 11.3 Å². The van der Waals surface area contributed by atoms with Crippen molar-refractivity contribution >= 4 is 33.8 Å². The fourth-order valence-corrected chi connectivity index (χ4v) is 3.25. The molecule has 2 aromatic rings. The number of nitrogens with two attached hydrogens (primary N) is 1. The summed E-state index contributed by atoms with van der Waals surface area (Å²) >= 11 is 1.23. The molecule has 0 saturated heterocycles. The molecule has 1 aromatic heterocycles. The molecule has 0 fully saturated rings. The van der Waals surface area contributed by atoms with Crippen LogP contribution in [0.25, 0.3) is 0 Å². The summed E-state index contributed by atoms with van der Waals surface area (Å²) in [5.41, 5.74) is 6.10. The Morgan fingerprint density at radius 3 is 2.56 bits per heavy atom. The quantitative estimate of drug-likeness (QED) is 0.603. The number of nitrogens with zero attached hydrogens (tertiary/aromatic N) is 1. The van der Waals surface area contributed by atoms with Crippen molar-refractivity contribution in [1.29, 1.82) is 0 Å². The average Bonchev–Trinajstić information content (AvgIpc) is 2.81. The Bertz CT molecular complexity index is 846. The number of primary amides is 1. The maximum Gasteiger partial charge on any atom is 0.310 e. The van der Waals surface area contributed by atoms with E-state index in [4.69, 9.17) is 10.5 Å². The molecule has 0 saturated carbocycles. The van der Waals surface area contributed by atoms with Gasteiger partial charge < -0.3 is 15.8 Å². The minimum Gasteiger partial charge on any atom is -0.474 e. The lowest BCUT2D eigenvalue weighted by atomic mass is 10.1. The minimum atomic E-state index is -1.01. The molecule has 1 aromatic carbocycles. The van der Waals surface area contributed by atoms with Gasteiger partial charge in [0.15, 0.2) is 11.9 Å². The Labute approximate surface area is 147 Å². The van der Waals surface area contributed by atoms with E-state index in [1.165, 1.54) is 36.5 Å². The molecule has 0 aliphatic carbocycles. The van der Waals surface area contributed by atoms with Crippen LogP contribution >= 0.6 is 11.3 Å². The first-order valence-corrected chi connectivity index (χ1v) is 8.14. The molecule has 9 heteroatoms. The minimum absolute atomic E-state index is 0.0104. The molecule has 132 valence electrons. The van der Waals surface area contributed by atoms with E-state index in [0.717, 1.165) is 4.88 Å². The SMILES string of the molecule is Cc1sc(NC(=O)[C@H](C)Oc2ccccc2[N+](=O)[O-])c(C(N)=O)c1C. The van der Waals surface area contributed by atoms with Crippen LogP contribution in [0.4, 0.5) is 10.7 Å². The highest BCUT2D eigenvalue weighted by Gasteiger charge is 2.24. The Morgan fingerprint density at radius 1 is 1.32 bits per heavy atom. The van der Waals surface area contributed by atoms with Crippen LogP contribution < -0.4 is 15.8 Å². The van der Waals surface area contributed by atoms with Crippen molar-refractivity contribution in [3.8, 4) is 5.75 Å². The summed E-state index contributed by atoms with van der Waals surface area (Å²) < 4.78 is 5.41. The largest absolute Gasteiger partial charge is 0.474 e. The third-order valence-corrected chi connectivity index (χ3v) is 4.73. The molecule has 2 amide bonds. The number of aryl methyl sites for hydroxylation is 1. The summed E-state index contributed by atoms with van der Waals surface area (Å²) in [5, 5.41) is 13.9. The number of rotatable bonds is 6. The highest BCUT2D eigenvalue weighted by atomic mass is 32.1. The second kappa shape index (κ2) is 7.31. The molecule has 8 nitrogen and oxygen atoms in total. The molecule has 1 heterocycles. The average molecular weight is 363 g/mol. The van der Waals surface area contributed by atoms with Gasteiger partial charge in [-0.05, 0) is 32.4 Å². The Hall–Kier alpha value is -2.94. The standard InChI is InChI=1S/C16H17N3O5S/c1-8-10(3)25-16(13(8)14(17)20)18-15(21)9(2)24-12-7-5-4-6-11(12)19(22)23/h4-7,9H,1-3H3,(H2,17,20)(H,18,21)/t9-/m0/s1. The van der Waals surface area contributed by atoms with E-state index in [1.54, 1.807) is 13.0 Å². The lowest BCUT2D eigenvalue weighted by molar-refractivity contribution is -0.386. The van der Waals surface area contributed by atoms with Crippen LogP contribution in [0.5, 0.6) is 5.75 Å². The lowest BCUT2D eigenvalue weighted by Crippen LogP contribution is -2.30. The number of hydrogen-bond donors (Lipinski definition) is 2. The van der Waals surface area contributed by atoms with E-state index in [0.29, 0.717) is 10.6 Å². The number of amides is 2. The first-order valence-electron chi connectivity index (χ1n) is 7.33. The van der Waals surface area contributed by atoms with Crippen molar-refractivity contribution in [2.45, 2.75) is 26.9 Å². The maximum absolute atomic E-state index is 12.3. The molecule has 0 bridgehead atoms. The second-order valence-corrected chi connectivity index (χ2v) is 6.55. The van der Waals surface area contributed by atoms with Gasteiger partial charge in [-0.2, -0.15) is 0 Å². The van der Waals surface area contributed by atoms with Crippen molar-refractivity contribution < 1.29 is 19.2 Å². The number of nitro groups is 1. The molecule has 0 aliphatic rings. The molecule has 3 N–H and O–H groups in total. The number of carbonyl (C=O) groups excluding carboxylic acids is 2. The van der Waals surface area contributed by atoms with E-state index in [2.05, 4.69) is 5.32 Å². The van der Waals surface area contributed by atoms with Crippen LogP contribution in [0.3, 0.4) is 0 Å². The Balaban J connectivity index is 2.19. The summed E-state index contributed by atoms with van der Waals surface area (Å²) in [7, 11) is 0. The fraction of sp³-hybridized carbons (Fsp3) is 0.250. The summed E-state index contributed by atoms with van der Waals surface area (Å²) in [6.45, 7) is 5.02. The molecule has 1 atom stereocenters. The van der Waals surface area contributed by atoms with Crippen LogP contribution in [-0.4, -0.2) is 22.8 Å². The summed E-state index contributed by atoms with van der Waals surface area (Å²) in [4.78, 5) is 35.2. The van der Waals surface area contributed by atoms with Gasteiger partial charge in [0.2, 0.25) is 0 Å². The van der Waals surface area contributed by atoms with Gasteiger partial charge in [-0.3, -0.25) is 19.7 Å². The van der Waals surface area contributed by atoms with E-state index < -0.39 is 22.8 Å². The number of hydrogen-bond acceptors (Lipinski definition) is 6. The lowest BCUT2D eigenvalue weighted by Gasteiger charge is -2.14. The number of thiophene rings is 1. The van der Waals surface area contributed by atoms with Gasteiger partial charge in [0, 0.05) is 10.9 Å². The second-order valence-electron chi connectivity index (χ2n) is 5.33. The third-order valence-electron chi connectivity index (χ3n) is 3.60. The number of nitrogens with one attached hydrogen (secondary N) is 1. The van der Waals surface area contributed by atoms with Gasteiger partial charge in [0.1, 0.15) is 5.00 Å². The van der Waals surface area contributed by atoms with Crippen molar-refractivity contribution in [2.24, 2.45) is 5.73 Å². The van der Waals surface area contributed by atoms with E-state index in [-0.39, 0.29) is 17.0 Å². The molecular formula is C16H17N3O5S. The molecule has 0 radical (unpaired) electrons. The zero-order valence-corrected chi connectivity index (χ0v) is 14.7. The van der Waals surface area contributed by atoms with E-state index in [1.807, 2.05) is 6.92 Å². The zero-order valence-electron chi connectivity index (χ0n) is 13.9. The number of para-hydroxylation sites is 2. The molecular weight excluding hydrogens is 346 g/mol. The predicted molar refractivity (Wildman–Crippen MR) is 94.1 cm³/mol. The number of anilines is 1. The number of nitro benzene ring substituents is 1. The molecule has 0 aliphatic heterocycles. The summed E-state index contributed by atoms with van der Waals surface area (Å²) in [5.74, 6) is -1.19. The Morgan fingerprint density at radius 2 is 1.96 bits per heavy atom. The van der Waals surface area contributed by atoms with Gasteiger partial charge in [-0.1, -0.05) is 12.1 Å². The first kappa shape index (κ1) is 18.4. The van der Waals surface area contributed by atoms with E-state index >= 15 is 0 Å². The van der Waals surface area contributed by atoms with Crippen LogP contribution in [0.1, 0.15) is 27.7 Å². The zero-order chi connectivity index (χ0) is 18.7. The van der Waals surface area contributed by atoms with Crippen molar-refractivity contribution in [3.63, 3.8) is 0 Å². The highest BCUT2D eigenvalue weighted by molar-refractivity contribution is 7.16. The fourth-order valence-electron chi connectivity index (χ4n) is 2.18. The maximum atomic E-state index is 12.3. The highest BCUT2D eigenvalue weighted by Crippen LogP contribution is 2.32. The smallest absolute Gasteiger partial charge is 0.310 e. The molecule has 25 heavy (non-hydrogen) atoms. The van der Waals surface area contributed by atoms with Crippen molar-refractivity contribution in [3.05, 3.63) is 50.4 Å². The summed E-state index contributed by atoms with van der Waals surface area (Å²) in [6, 6.07) is 5.78. The molecule has 0 spiro atoms. The van der Waals surface area contributed by atoms with Gasteiger partial charge in [-0.25, -0.2) is 0 Å². The van der Waals surface area contributed by atoms with Crippen LogP contribution in [0.15, 0.2) is 24.3 Å². The van der Waals surface area contributed by atoms with Crippen LogP contribution in [0, 0.1) is 24.0 Å². The monoisotopic (exact) mass is 363 g/mol. The van der Waals surface area contributed by atoms with Gasteiger partial charge >= 0.3 is 5.69 Å². The number of benzene rings is 1. The summed E-state index contributed by atoms with van der Waals surface area (Å²) in [6.07, 6.45) is -1.01. The van der Waals surface area contributed by atoms with Crippen LogP contribution in [-0.2, 0) is 4.79 Å². The van der Waals surface area contributed by atoms with Crippen LogP contribution in [0.2, 0.25) is 0 Å². The third kappa shape index (κ3) is 3.94. The van der Waals surface area contributed by atoms with Crippen molar-refractivity contribution in [2.75, 3.05) is 5.32 Å².